The highest BCUT2D eigenvalue weighted by Crippen LogP contribution is 2.26. The zero-order chi connectivity index (χ0) is 24.0. The van der Waals surface area contributed by atoms with Crippen LogP contribution in [-0.2, 0) is 6.42 Å². The average molecular weight is 491 g/mol. The molecule has 3 heterocycles. The van der Waals surface area contributed by atoms with E-state index in [2.05, 4.69) is 15.0 Å². The molecule has 8 heteroatoms. The fourth-order valence-corrected chi connectivity index (χ4v) is 5.19. The summed E-state index contributed by atoms with van der Waals surface area (Å²) in [4.78, 5) is 19.9. The first-order chi connectivity index (χ1) is 17.2. The molecule has 1 fully saturated rings. The lowest BCUT2D eigenvalue weighted by molar-refractivity contribution is 0.183. The maximum atomic E-state index is 12.6. The number of likely N-dealkylation sites (tertiary alicyclic amines) is 1. The predicted octanol–water partition coefficient (Wildman–Crippen LogP) is 4.67. The van der Waals surface area contributed by atoms with Crippen molar-refractivity contribution in [2.75, 3.05) is 32.8 Å². The molecular weight excluding hydrogens is 460 g/mol. The molecule has 5 rings (SSSR count). The zero-order valence-corrected chi connectivity index (χ0v) is 20.8. The van der Waals surface area contributed by atoms with E-state index in [-0.39, 0.29) is 5.56 Å². The first-order valence-electron chi connectivity index (χ1n) is 12.2. The monoisotopic (exact) mass is 490 g/mol. The van der Waals surface area contributed by atoms with Crippen molar-refractivity contribution < 1.29 is 9.47 Å². The van der Waals surface area contributed by atoms with E-state index in [0.29, 0.717) is 30.3 Å². The zero-order valence-electron chi connectivity index (χ0n) is 20.0. The molecule has 2 aromatic carbocycles. The van der Waals surface area contributed by atoms with E-state index in [1.807, 2.05) is 60.8 Å². The van der Waals surface area contributed by atoms with Gasteiger partial charge >= 0.3 is 0 Å². The van der Waals surface area contributed by atoms with Gasteiger partial charge in [0.2, 0.25) is 4.96 Å². The summed E-state index contributed by atoms with van der Waals surface area (Å²) in [7, 11) is 0. The minimum atomic E-state index is -0.287. The van der Waals surface area contributed by atoms with Crippen LogP contribution < -0.4 is 15.0 Å². The highest BCUT2D eigenvalue weighted by Gasteiger charge is 2.13. The molecule has 0 N–H and O–H groups in total. The summed E-state index contributed by atoms with van der Waals surface area (Å²) in [6.07, 6.45) is 4.34. The van der Waals surface area contributed by atoms with Gasteiger partial charge in [0.1, 0.15) is 23.8 Å². The minimum Gasteiger partial charge on any atom is -0.494 e. The van der Waals surface area contributed by atoms with Crippen LogP contribution in [0.1, 0.15) is 37.4 Å². The maximum absolute atomic E-state index is 12.6. The number of rotatable bonds is 9. The standard InChI is InChI=1S/C27H30N4O3S/c1-2-33-22-10-6-20(7-11-22)18-24-26(32)28-27-31(29-24)25(19-35-27)21-8-12-23(13-9-21)34-17-16-30-14-4-3-5-15-30/h6-13,19H,2-5,14-18H2,1H3. The molecule has 0 bridgehead atoms. The summed E-state index contributed by atoms with van der Waals surface area (Å²) in [6, 6.07) is 15.8. The van der Waals surface area contributed by atoms with Gasteiger partial charge in [0, 0.05) is 23.9 Å². The van der Waals surface area contributed by atoms with E-state index in [4.69, 9.17) is 9.47 Å². The van der Waals surface area contributed by atoms with E-state index in [1.54, 1.807) is 4.52 Å². The Morgan fingerprint density at radius 2 is 1.66 bits per heavy atom. The predicted molar refractivity (Wildman–Crippen MR) is 139 cm³/mol. The van der Waals surface area contributed by atoms with Crippen molar-refractivity contribution in [1.82, 2.24) is 19.5 Å². The van der Waals surface area contributed by atoms with Gasteiger partial charge in [-0.15, -0.1) is 11.3 Å². The third-order valence-corrected chi connectivity index (χ3v) is 7.05. The number of piperidine rings is 1. The van der Waals surface area contributed by atoms with E-state index in [0.717, 1.165) is 34.9 Å². The van der Waals surface area contributed by atoms with E-state index >= 15 is 0 Å². The van der Waals surface area contributed by atoms with Gasteiger partial charge in [0.05, 0.1) is 12.3 Å². The molecule has 0 amide bonds. The van der Waals surface area contributed by atoms with Gasteiger partial charge in [-0.05, 0) is 74.8 Å². The quantitative estimate of drug-likeness (QED) is 0.340. The second-order valence-electron chi connectivity index (χ2n) is 8.71. The largest absolute Gasteiger partial charge is 0.494 e. The first-order valence-corrected chi connectivity index (χ1v) is 13.1. The van der Waals surface area contributed by atoms with Crippen LogP contribution in [0.25, 0.3) is 16.2 Å². The minimum absolute atomic E-state index is 0.287. The lowest BCUT2D eigenvalue weighted by atomic mass is 10.1. The molecule has 35 heavy (non-hydrogen) atoms. The number of fused-ring (bicyclic) bond motifs is 1. The number of hydrogen-bond acceptors (Lipinski definition) is 7. The van der Waals surface area contributed by atoms with Gasteiger partial charge in [0.15, 0.2) is 0 Å². The molecule has 0 radical (unpaired) electrons. The van der Waals surface area contributed by atoms with Crippen LogP contribution in [0, 0.1) is 0 Å². The number of aromatic nitrogens is 3. The summed E-state index contributed by atoms with van der Waals surface area (Å²) in [6.45, 7) is 6.60. The molecule has 0 atom stereocenters. The van der Waals surface area contributed by atoms with Crippen LogP contribution in [0.2, 0.25) is 0 Å². The molecule has 1 saturated heterocycles. The number of thiazole rings is 1. The topological polar surface area (TPSA) is 69.0 Å². The average Bonchev–Trinajstić information content (AvgIpc) is 3.29. The van der Waals surface area contributed by atoms with Crippen molar-refractivity contribution in [3.8, 4) is 22.8 Å². The molecule has 7 nitrogen and oxygen atoms in total. The number of ether oxygens (including phenoxy) is 2. The highest BCUT2D eigenvalue weighted by atomic mass is 32.1. The van der Waals surface area contributed by atoms with Gasteiger partial charge in [-0.3, -0.25) is 9.69 Å². The molecule has 1 aliphatic rings. The normalized spacial score (nSPS) is 14.3. The Bertz CT molecular complexity index is 1310. The van der Waals surface area contributed by atoms with E-state index in [1.165, 1.54) is 43.7 Å². The second kappa shape index (κ2) is 11.0. The first kappa shape index (κ1) is 23.5. The van der Waals surface area contributed by atoms with Crippen LogP contribution in [0.3, 0.4) is 0 Å². The van der Waals surface area contributed by atoms with Crippen LogP contribution in [0.15, 0.2) is 58.7 Å². The maximum Gasteiger partial charge on any atom is 0.296 e. The van der Waals surface area contributed by atoms with E-state index in [9.17, 15) is 4.79 Å². The Morgan fingerprint density at radius 1 is 0.943 bits per heavy atom. The van der Waals surface area contributed by atoms with Gasteiger partial charge in [-0.1, -0.05) is 18.6 Å². The van der Waals surface area contributed by atoms with E-state index < -0.39 is 0 Å². The molecule has 0 unspecified atom stereocenters. The van der Waals surface area contributed by atoms with Gasteiger partial charge < -0.3 is 9.47 Å². The Kier molecular flexibility index (Phi) is 7.39. The summed E-state index contributed by atoms with van der Waals surface area (Å²) in [5.74, 6) is 1.67. The summed E-state index contributed by atoms with van der Waals surface area (Å²) in [5, 5.41) is 6.66. The molecular formula is C27H30N4O3S. The van der Waals surface area contributed by atoms with Gasteiger partial charge in [-0.2, -0.15) is 10.1 Å². The fraction of sp³-hybridized carbons (Fsp3) is 0.370. The third-order valence-electron chi connectivity index (χ3n) is 6.23. The molecule has 4 aromatic rings. The molecule has 0 spiro atoms. The van der Waals surface area contributed by atoms with Crippen molar-refractivity contribution in [1.29, 1.82) is 0 Å². The second-order valence-corrected chi connectivity index (χ2v) is 9.54. The summed E-state index contributed by atoms with van der Waals surface area (Å²) >= 11 is 1.42. The van der Waals surface area contributed by atoms with Crippen molar-refractivity contribution >= 4 is 16.3 Å². The highest BCUT2D eigenvalue weighted by molar-refractivity contribution is 7.15. The van der Waals surface area contributed by atoms with Crippen molar-refractivity contribution in [3.05, 3.63) is 75.5 Å². The Morgan fingerprint density at radius 3 is 2.40 bits per heavy atom. The summed E-state index contributed by atoms with van der Waals surface area (Å²) < 4.78 is 13.2. The fourth-order valence-electron chi connectivity index (χ4n) is 4.36. The molecule has 182 valence electrons. The summed E-state index contributed by atoms with van der Waals surface area (Å²) in [5.41, 5.74) is 3.03. The van der Waals surface area contributed by atoms with Gasteiger partial charge in [-0.25, -0.2) is 4.52 Å². The molecule has 0 saturated carbocycles. The van der Waals surface area contributed by atoms with Gasteiger partial charge in [0.25, 0.3) is 5.56 Å². The van der Waals surface area contributed by atoms with Crippen molar-refractivity contribution in [2.45, 2.75) is 32.6 Å². The van der Waals surface area contributed by atoms with Crippen molar-refractivity contribution in [2.24, 2.45) is 0 Å². The van der Waals surface area contributed by atoms with Crippen molar-refractivity contribution in [3.63, 3.8) is 0 Å². The number of hydrogen-bond donors (Lipinski definition) is 0. The lowest BCUT2D eigenvalue weighted by Crippen LogP contribution is -2.33. The Balaban J connectivity index is 1.29. The third kappa shape index (κ3) is 5.71. The SMILES string of the molecule is CCOc1ccc(Cc2nn3c(-c4ccc(OCCN5CCCCC5)cc4)csc3nc2=O)cc1. The van der Waals surface area contributed by atoms with Crippen LogP contribution in [0.5, 0.6) is 11.5 Å². The molecule has 2 aromatic heterocycles. The molecule has 0 aliphatic carbocycles. The Labute approximate surface area is 209 Å². The Hall–Kier alpha value is -3.23. The molecule has 1 aliphatic heterocycles. The van der Waals surface area contributed by atoms with Crippen LogP contribution in [-0.4, -0.2) is 52.3 Å². The smallest absolute Gasteiger partial charge is 0.296 e. The number of nitrogens with zero attached hydrogens (tertiary/aromatic N) is 4. The number of benzene rings is 2. The van der Waals surface area contributed by atoms with Crippen LogP contribution in [0.4, 0.5) is 0 Å². The lowest BCUT2D eigenvalue weighted by Gasteiger charge is -2.26. The van der Waals surface area contributed by atoms with Crippen LogP contribution >= 0.6 is 11.3 Å².